The van der Waals surface area contributed by atoms with Crippen LogP contribution in [0.3, 0.4) is 0 Å². The number of nitrogens with one attached hydrogen (secondary N) is 2. The Bertz CT molecular complexity index is 578. The Morgan fingerprint density at radius 2 is 2.03 bits per heavy atom. The summed E-state index contributed by atoms with van der Waals surface area (Å²) in [6, 6.07) is 0. The van der Waals surface area contributed by atoms with Gasteiger partial charge in [-0.25, -0.2) is 4.79 Å². The molecule has 2 N–H and O–H groups in total. The van der Waals surface area contributed by atoms with Gasteiger partial charge in [0.2, 0.25) is 0 Å². The van der Waals surface area contributed by atoms with Crippen LogP contribution in [-0.2, 0) is 14.2 Å². The van der Waals surface area contributed by atoms with Gasteiger partial charge in [-0.05, 0) is 52.9 Å². The molecule has 0 spiro atoms. The van der Waals surface area contributed by atoms with E-state index in [4.69, 9.17) is 14.2 Å². The minimum atomic E-state index is -0.466. The van der Waals surface area contributed by atoms with Gasteiger partial charge < -0.3 is 29.7 Å². The van der Waals surface area contributed by atoms with Crippen LogP contribution in [0.15, 0.2) is 16.6 Å². The number of rotatable bonds is 8. The Kier molecular flexibility index (Phi) is 10.4. The van der Waals surface area contributed by atoms with Crippen LogP contribution in [0.2, 0.25) is 0 Å². The SMILES string of the molecule is CN=C(NCCC1=CCOCC1)N1CCC(OCCCNC(=O)OC(C)(C)C)CC1. The predicted molar refractivity (Wildman–Crippen MR) is 119 cm³/mol. The summed E-state index contributed by atoms with van der Waals surface area (Å²) in [5, 5.41) is 6.25. The molecule has 2 aliphatic heterocycles. The summed E-state index contributed by atoms with van der Waals surface area (Å²) >= 11 is 0. The summed E-state index contributed by atoms with van der Waals surface area (Å²) in [4.78, 5) is 18.4. The first-order valence-electron chi connectivity index (χ1n) is 11.2. The molecule has 2 aliphatic rings. The van der Waals surface area contributed by atoms with Gasteiger partial charge in [-0.2, -0.15) is 0 Å². The largest absolute Gasteiger partial charge is 0.444 e. The monoisotopic (exact) mass is 424 g/mol. The van der Waals surface area contributed by atoms with Gasteiger partial charge >= 0.3 is 6.09 Å². The molecule has 0 bridgehead atoms. The van der Waals surface area contributed by atoms with Crippen molar-refractivity contribution in [2.24, 2.45) is 4.99 Å². The van der Waals surface area contributed by atoms with Crippen molar-refractivity contribution in [2.75, 3.05) is 53.0 Å². The lowest BCUT2D eigenvalue weighted by Crippen LogP contribution is -2.47. The molecule has 0 radical (unpaired) electrons. The first-order valence-corrected chi connectivity index (χ1v) is 11.2. The van der Waals surface area contributed by atoms with Gasteiger partial charge in [0.25, 0.3) is 0 Å². The highest BCUT2D eigenvalue weighted by Gasteiger charge is 2.22. The Balaban J connectivity index is 1.55. The summed E-state index contributed by atoms with van der Waals surface area (Å²) in [7, 11) is 1.84. The Morgan fingerprint density at radius 3 is 2.67 bits per heavy atom. The lowest BCUT2D eigenvalue weighted by molar-refractivity contribution is 0.0170. The third kappa shape index (κ3) is 9.80. The first kappa shape index (κ1) is 24.5. The predicted octanol–water partition coefficient (Wildman–Crippen LogP) is 2.69. The maximum Gasteiger partial charge on any atom is 0.407 e. The third-order valence-corrected chi connectivity index (χ3v) is 5.08. The third-order valence-electron chi connectivity index (χ3n) is 5.08. The molecule has 1 fully saturated rings. The Hall–Kier alpha value is -1.80. The van der Waals surface area contributed by atoms with Gasteiger partial charge in [-0.1, -0.05) is 11.6 Å². The second kappa shape index (κ2) is 12.8. The molecule has 2 heterocycles. The van der Waals surface area contributed by atoms with Gasteiger partial charge in [-0.3, -0.25) is 4.99 Å². The maximum absolute atomic E-state index is 11.6. The Labute approximate surface area is 181 Å². The zero-order chi connectivity index (χ0) is 21.8. The van der Waals surface area contributed by atoms with E-state index in [0.29, 0.717) is 13.2 Å². The van der Waals surface area contributed by atoms with E-state index in [1.165, 1.54) is 5.57 Å². The molecule has 0 aliphatic carbocycles. The molecule has 1 saturated heterocycles. The number of aliphatic imine (C=N–C) groups is 1. The minimum Gasteiger partial charge on any atom is -0.444 e. The van der Waals surface area contributed by atoms with E-state index in [-0.39, 0.29) is 12.2 Å². The molecule has 2 rings (SSSR count). The van der Waals surface area contributed by atoms with Crippen LogP contribution in [0, 0.1) is 0 Å². The molecule has 0 aromatic carbocycles. The number of likely N-dealkylation sites (tertiary alicyclic amines) is 1. The quantitative estimate of drug-likeness (QED) is 0.270. The molecule has 8 nitrogen and oxygen atoms in total. The van der Waals surface area contributed by atoms with Crippen LogP contribution < -0.4 is 10.6 Å². The number of hydrogen-bond donors (Lipinski definition) is 2. The fraction of sp³-hybridized carbons (Fsp3) is 0.818. The second-order valence-electron chi connectivity index (χ2n) is 8.75. The van der Waals surface area contributed by atoms with Gasteiger partial charge in [0.15, 0.2) is 5.96 Å². The van der Waals surface area contributed by atoms with Crippen molar-refractivity contribution in [2.45, 2.75) is 64.6 Å². The molecule has 0 saturated carbocycles. The molecule has 8 heteroatoms. The van der Waals surface area contributed by atoms with E-state index < -0.39 is 5.60 Å². The average molecular weight is 425 g/mol. The summed E-state index contributed by atoms with van der Waals surface area (Å²) in [6.45, 7) is 11.1. The van der Waals surface area contributed by atoms with E-state index in [1.54, 1.807) is 0 Å². The highest BCUT2D eigenvalue weighted by molar-refractivity contribution is 5.80. The van der Waals surface area contributed by atoms with Gasteiger partial charge in [-0.15, -0.1) is 0 Å². The molecular formula is C22H40N4O4. The van der Waals surface area contributed by atoms with Crippen molar-refractivity contribution >= 4 is 12.1 Å². The standard InChI is InChI=1S/C22H40N4O4/c1-22(2,3)30-21(27)25-11-5-15-29-19-7-13-26(14-8-19)20(23-4)24-12-6-18-9-16-28-17-10-18/h9,19H,5-8,10-17H2,1-4H3,(H,23,24)(H,25,27). The number of carbonyl (C=O) groups is 1. The van der Waals surface area contributed by atoms with E-state index in [2.05, 4.69) is 26.6 Å². The van der Waals surface area contributed by atoms with E-state index in [0.717, 1.165) is 70.9 Å². The molecule has 1 amide bonds. The lowest BCUT2D eigenvalue weighted by Gasteiger charge is -2.34. The van der Waals surface area contributed by atoms with E-state index in [9.17, 15) is 4.79 Å². The summed E-state index contributed by atoms with van der Waals surface area (Å²) in [6.07, 6.45) is 6.93. The molecule has 0 unspecified atom stereocenters. The zero-order valence-electron chi connectivity index (χ0n) is 19.2. The van der Waals surface area contributed by atoms with Crippen molar-refractivity contribution in [3.05, 3.63) is 11.6 Å². The van der Waals surface area contributed by atoms with Crippen LogP contribution in [0.5, 0.6) is 0 Å². The normalized spacial score (nSPS) is 18.7. The van der Waals surface area contributed by atoms with E-state index >= 15 is 0 Å². The highest BCUT2D eigenvalue weighted by atomic mass is 16.6. The molecule has 0 atom stereocenters. The average Bonchev–Trinajstić information content (AvgIpc) is 2.71. The van der Waals surface area contributed by atoms with Crippen molar-refractivity contribution in [3.8, 4) is 0 Å². The summed E-state index contributed by atoms with van der Waals surface area (Å²) in [5.41, 5.74) is 1.00. The number of guanidine groups is 1. The molecule has 172 valence electrons. The lowest BCUT2D eigenvalue weighted by atomic mass is 10.1. The molecule has 0 aromatic rings. The van der Waals surface area contributed by atoms with Crippen molar-refractivity contribution in [1.82, 2.24) is 15.5 Å². The second-order valence-corrected chi connectivity index (χ2v) is 8.75. The topological polar surface area (TPSA) is 84.4 Å². The van der Waals surface area contributed by atoms with Crippen LogP contribution in [0.1, 0.15) is 52.9 Å². The minimum absolute atomic E-state index is 0.272. The maximum atomic E-state index is 11.6. The fourth-order valence-corrected chi connectivity index (χ4v) is 3.52. The van der Waals surface area contributed by atoms with Gasteiger partial charge in [0.1, 0.15) is 5.60 Å². The van der Waals surface area contributed by atoms with Crippen LogP contribution in [0.25, 0.3) is 0 Å². The molecule has 0 aromatic heterocycles. The first-order chi connectivity index (χ1) is 14.4. The smallest absolute Gasteiger partial charge is 0.407 e. The Morgan fingerprint density at radius 1 is 1.27 bits per heavy atom. The number of carbonyl (C=O) groups excluding carboxylic acids is 1. The number of nitrogens with zero attached hydrogens (tertiary/aromatic N) is 2. The fourth-order valence-electron chi connectivity index (χ4n) is 3.52. The van der Waals surface area contributed by atoms with Crippen molar-refractivity contribution in [1.29, 1.82) is 0 Å². The zero-order valence-corrected chi connectivity index (χ0v) is 19.2. The number of hydrogen-bond acceptors (Lipinski definition) is 5. The van der Waals surface area contributed by atoms with Crippen LogP contribution in [-0.4, -0.2) is 81.7 Å². The molecular weight excluding hydrogens is 384 g/mol. The van der Waals surface area contributed by atoms with Crippen LogP contribution >= 0.6 is 0 Å². The summed E-state index contributed by atoms with van der Waals surface area (Å²) < 4.78 is 16.6. The summed E-state index contributed by atoms with van der Waals surface area (Å²) in [5.74, 6) is 0.975. The molecule has 30 heavy (non-hydrogen) atoms. The number of ether oxygens (including phenoxy) is 3. The number of amides is 1. The van der Waals surface area contributed by atoms with Crippen LogP contribution in [0.4, 0.5) is 4.79 Å². The van der Waals surface area contributed by atoms with E-state index in [1.807, 2.05) is 27.8 Å². The van der Waals surface area contributed by atoms with Crippen molar-refractivity contribution < 1.29 is 19.0 Å². The number of alkyl carbamates (subject to hydrolysis) is 1. The van der Waals surface area contributed by atoms with Gasteiger partial charge in [0, 0.05) is 39.8 Å². The number of piperidine rings is 1. The highest BCUT2D eigenvalue weighted by Crippen LogP contribution is 2.15. The van der Waals surface area contributed by atoms with Crippen molar-refractivity contribution in [3.63, 3.8) is 0 Å². The van der Waals surface area contributed by atoms with Gasteiger partial charge in [0.05, 0.1) is 19.3 Å².